The molecule has 0 saturated carbocycles. The van der Waals surface area contributed by atoms with E-state index in [1.807, 2.05) is 48.5 Å². The average molecular weight is 373 g/mol. The molecule has 0 unspecified atom stereocenters. The van der Waals surface area contributed by atoms with Crippen molar-refractivity contribution in [2.75, 3.05) is 14.2 Å². The Kier molecular flexibility index (Phi) is 5.60. The fourth-order valence-electron chi connectivity index (χ4n) is 2.66. The number of hydrogen-bond donors (Lipinski definition) is 0. The zero-order chi connectivity index (χ0) is 17.8. The van der Waals surface area contributed by atoms with E-state index in [9.17, 15) is 4.79 Å². The first-order chi connectivity index (χ1) is 12.1. The summed E-state index contributed by atoms with van der Waals surface area (Å²) >= 11 is 6.89. The predicted molar refractivity (Wildman–Crippen MR) is 104 cm³/mol. The highest BCUT2D eigenvalue weighted by molar-refractivity contribution is 8.24. The number of thiocarbonyl (C=S) groups is 1. The highest BCUT2D eigenvalue weighted by Crippen LogP contribution is 2.31. The molecule has 1 heterocycles. The third-order valence-electron chi connectivity index (χ3n) is 4.08. The van der Waals surface area contributed by atoms with Crippen LogP contribution < -0.4 is 9.47 Å². The second-order valence-corrected chi connectivity index (χ2v) is 7.53. The molecule has 1 aliphatic heterocycles. The second kappa shape index (κ2) is 7.89. The van der Waals surface area contributed by atoms with Crippen molar-refractivity contribution in [1.29, 1.82) is 0 Å². The quantitative estimate of drug-likeness (QED) is 0.723. The molecular formula is C19H19NO3S2. The Morgan fingerprint density at radius 2 is 1.48 bits per heavy atom. The van der Waals surface area contributed by atoms with Crippen molar-refractivity contribution in [3.05, 3.63) is 59.7 Å². The largest absolute Gasteiger partial charge is 0.497 e. The molecule has 0 aromatic heterocycles. The highest BCUT2D eigenvalue weighted by atomic mass is 32.2. The lowest BCUT2D eigenvalue weighted by atomic mass is 10.1. The van der Waals surface area contributed by atoms with E-state index in [2.05, 4.69) is 0 Å². The summed E-state index contributed by atoms with van der Waals surface area (Å²) in [4.78, 5) is 14.4. The van der Waals surface area contributed by atoms with Gasteiger partial charge in [0.05, 0.1) is 26.0 Å². The molecule has 3 rings (SSSR count). The number of thioether (sulfide) groups is 1. The van der Waals surface area contributed by atoms with Gasteiger partial charge in [0.15, 0.2) is 0 Å². The van der Waals surface area contributed by atoms with Gasteiger partial charge >= 0.3 is 0 Å². The van der Waals surface area contributed by atoms with Crippen molar-refractivity contribution >= 4 is 34.2 Å². The van der Waals surface area contributed by atoms with Gasteiger partial charge in [-0.1, -0.05) is 48.2 Å². The van der Waals surface area contributed by atoms with Crippen molar-refractivity contribution in [2.24, 2.45) is 0 Å². The summed E-state index contributed by atoms with van der Waals surface area (Å²) in [6, 6.07) is 15.5. The first kappa shape index (κ1) is 17.8. The Hall–Kier alpha value is -2.05. The molecule has 0 radical (unpaired) electrons. The van der Waals surface area contributed by atoms with Gasteiger partial charge in [0, 0.05) is 0 Å². The number of rotatable bonds is 6. The predicted octanol–water partition coefficient (Wildman–Crippen LogP) is 3.68. The number of carbonyl (C=O) groups is 1. The molecule has 0 spiro atoms. The van der Waals surface area contributed by atoms with Crippen LogP contribution in [0, 0.1) is 0 Å². The van der Waals surface area contributed by atoms with Gasteiger partial charge in [0.1, 0.15) is 15.8 Å². The first-order valence-corrected chi connectivity index (χ1v) is 9.17. The Bertz CT molecular complexity index is 759. The van der Waals surface area contributed by atoms with Gasteiger partial charge in [-0.15, -0.1) is 0 Å². The summed E-state index contributed by atoms with van der Waals surface area (Å²) in [5.74, 6) is 1.68. The van der Waals surface area contributed by atoms with E-state index in [1.165, 1.54) is 11.8 Å². The molecule has 1 fully saturated rings. The summed E-state index contributed by atoms with van der Waals surface area (Å²) in [5, 5.41) is -0.167. The summed E-state index contributed by atoms with van der Waals surface area (Å²) in [7, 11) is 3.27. The molecule has 1 atom stereocenters. The smallest absolute Gasteiger partial charge is 0.242 e. The van der Waals surface area contributed by atoms with E-state index >= 15 is 0 Å². The molecule has 0 N–H and O–H groups in total. The molecule has 0 bridgehead atoms. The topological polar surface area (TPSA) is 38.8 Å². The molecule has 1 amide bonds. The third-order valence-corrected chi connectivity index (χ3v) is 5.67. The molecule has 6 heteroatoms. The standard InChI is InChI=1S/C19H19NO3S2/c1-22-15-7-3-13(4-8-15)11-17-18(21)20(19(24)25-17)12-14-5-9-16(23-2)10-6-14/h3-10,17H,11-12H2,1-2H3/t17-/m1/s1. The summed E-state index contributed by atoms with van der Waals surface area (Å²) < 4.78 is 11.0. The van der Waals surface area contributed by atoms with E-state index in [0.29, 0.717) is 17.3 Å². The van der Waals surface area contributed by atoms with Gasteiger partial charge in [-0.2, -0.15) is 0 Å². The Balaban J connectivity index is 1.66. The molecule has 0 aliphatic carbocycles. The van der Waals surface area contributed by atoms with Gasteiger partial charge < -0.3 is 9.47 Å². The monoisotopic (exact) mass is 373 g/mol. The number of carbonyl (C=O) groups excluding carboxylic acids is 1. The van der Waals surface area contributed by atoms with Crippen LogP contribution in [0.3, 0.4) is 0 Å². The van der Waals surface area contributed by atoms with Gasteiger partial charge in [-0.25, -0.2) is 0 Å². The SMILES string of the molecule is COc1ccc(C[C@H]2SC(=S)N(Cc3ccc(OC)cc3)C2=O)cc1. The zero-order valence-corrected chi connectivity index (χ0v) is 15.7. The summed E-state index contributed by atoms with van der Waals surface area (Å²) in [5.41, 5.74) is 2.13. The van der Waals surface area contributed by atoms with Crippen LogP contribution in [0.1, 0.15) is 11.1 Å². The van der Waals surface area contributed by atoms with Crippen LogP contribution in [0.15, 0.2) is 48.5 Å². The van der Waals surface area contributed by atoms with Crippen molar-refractivity contribution in [2.45, 2.75) is 18.2 Å². The molecule has 25 heavy (non-hydrogen) atoms. The minimum Gasteiger partial charge on any atom is -0.497 e. The normalized spacial score (nSPS) is 17.0. The van der Waals surface area contributed by atoms with E-state index in [-0.39, 0.29) is 11.2 Å². The van der Waals surface area contributed by atoms with Gasteiger partial charge in [0.2, 0.25) is 5.91 Å². The number of nitrogens with zero attached hydrogens (tertiary/aromatic N) is 1. The lowest BCUT2D eigenvalue weighted by molar-refractivity contribution is -0.126. The molecule has 130 valence electrons. The van der Waals surface area contributed by atoms with Crippen LogP contribution in [0.2, 0.25) is 0 Å². The van der Waals surface area contributed by atoms with Crippen LogP contribution in [0.4, 0.5) is 0 Å². The molecule has 1 aliphatic rings. The Labute approximate surface area is 157 Å². The summed E-state index contributed by atoms with van der Waals surface area (Å²) in [6.07, 6.45) is 0.659. The van der Waals surface area contributed by atoms with Crippen molar-refractivity contribution in [3.8, 4) is 11.5 Å². The average Bonchev–Trinajstić information content (AvgIpc) is 2.90. The van der Waals surface area contributed by atoms with Gasteiger partial charge in [0.25, 0.3) is 0 Å². The van der Waals surface area contributed by atoms with Gasteiger partial charge in [-0.3, -0.25) is 9.69 Å². The van der Waals surface area contributed by atoms with Gasteiger partial charge in [-0.05, 0) is 41.8 Å². The third kappa shape index (κ3) is 4.14. The van der Waals surface area contributed by atoms with E-state index < -0.39 is 0 Å². The number of hydrogen-bond acceptors (Lipinski definition) is 5. The maximum absolute atomic E-state index is 12.7. The van der Waals surface area contributed by atoms with Crippen LogP contribution in [0.25, 0.3) is 0 Å². The highest BCUT2D eigenvalue weighted by Gasteiger charge is 2.36. The molecule has 2 aromatic rings. The van der Waals surface area contributed by atoms with Crippen molar-refractivity contribution in [1.82, 2.24) is 4.90 Å². The van der Waals surface area contributed by atoms with Crippen LogP contribution in [-0.4, -0.2) is 34.6 Å². The lowest BCUT2D eigenvalue weighted by Gasteiger charge is -2.16. The molecule has 1 saturated heterocycles. The Morgan fingerprint density at radius 1 is 0.960 bits per heavy atom. The number of methoxy groups -OCH3 is 2. The summed E-state index contributed by atoms with van der Waals surface area (Å²) in [6.45, 7) is 0.494. The van der Waals surface area contributed by atoms with Crippen LogP contribution in [0.5, 0.6) is 11.5 Å². The maximum Gasteiger partial charge on any atom is 0.242 e. The fourth-order valence-corrected chi connectivity index (χ4v) is 4.19. The van der Waals surface area contributed by atoms with Crippen LogP contribution >= 0.6 is 24.0 Å². The Morgan fingerprint density at radius 3 is 2.00 bits per heavy atom. The zero-order valence-electron chi connectivity index (χ0n) is 14.1. The number of benzene rings is 2. The molecule has 4 nitrogen and oxygen atoms in total. The molecule has 2 aromatic carbocycles. The van der Waals surface area contributed by atoms with E-state index in [1.54, 1.807) is 19.1 Å². The minimum absolute atomic E-state index is 0.0710. The van der Waals surface area contributed by atoms with E-state index in [4.69, 9.17) is 21.7 Å². The molecular weight excluding hydrogens is 354 g/mol. The van der Waals surface area contributed by atoms with Crippen molar-refractivity contribution < 1.29 is 14.3 Å². The minimum atomic E-state index is -0.167. The van der Waals surface area contributed by atoms with E-state index in [0.717, 1.165) is 22.6 Å². The maximum atomic E-state index is 12.7. The van der Waals surface area contributed by atoms with Crippen LogP contribution in [-0.2, 0) is 17.8 Å². The number of ether oxygens (including phenoxy) is 2. The first-order valence-electron chi connectivity index (χ1n) is 7.88. The van der Waals surface area contributed by atoms with Crippen molar-refractivity contribution in [3.63, 3.8) is 0 Å². The fraction of sp³-hybridized carbons (Fsp3) is 0.263. The number of amides is 1. The lowest BCUT2D eigenvalue weighted by Crippen LogP contribution is -2.31. The second-order valence-electron chi connectivity index (χ2n) is 5.70.